The Balaban J connectivity index is 1.84. The van der Waals surface area contributed by atoms with E-state index >= 15 is 0 Å². The predicted molar refractivity (Wildman–Crippen MR) is 154 cm³/mol. The SMILES string of the molecule is CCC(C)(C)C(=O)C(=O)N1CCCC[C@@H]1C(=O)O[C@H](CCc1ccc(OC)c(CO)c1)c1ccc(OCC(=O)O)cc1. The van der Waals surface area contributed by atoms with Gasteiger partial charge in [0.05, 0.1) is 13.7 Å². The number of aryl methyl sites for hydroxylation is 1. The minimum absolute atomic E-state index is 0.188. The van der Waals surface area contributed by atoms with Gasteiger partial charge in [-0.25, -0.2) is 9.59 Å². The summed E-state index contributed by atoms with van der Waals surface area (Å²) in [5.74, 6) is -1.92. The first-order chi connectivity index (χ1) is 20.0. The molecule has 0 bridgehead atoms. The van der Waals surface area contributed by atoms with Gasteiger partial charge < -0.3 is 29.3 Å². The number of carboxylic acids is 1. The second kappa shape index (κ2) is 14.8. The van der Waals surface area contributed by atoms with E-state index in [0.717, 1.165) is 12.0 Å². The Labute approximate surface area is 246 Å². The third-order valence-electron chi connectivity index (χ3n) is 7.81. The highest BCUT2D eigenvalue weighted by Gasteiger charge is 2.41. The first kappa shape index (κ1) is 32.6. The molecule has 1 amide bonds. The third-order valence-corrected chi connectivity index (χ3v) is 7.81. The first-order valence-electron chi connectivity index (χ1n) is 14.3. The van der Waals surface area contributed by atoms with Gasteiger partial charge in [-0.05, 0) is 73.9 Å². The Morgan fingerprint density at radius 2 is 1.79 bits per heavy atom. The van der Waals surface area contributed by atoms with E-state index in [4.69, 9.17) is 19.3 Å². The number of nitrogens with zero attached hydrogens (tertiary/aromatic N) is 1. The minimum Gasteiger partial charge on any atom is -0.496 e. The summed E-state index contributed by atoms with van der Waals surface area (Å²) in [5.41, 5.74) is 1.38. The van der Waals surface area contributed by atoms with Crippen molar-refractivity contribution in [2.45, 2.75) is 78.0 Å². The van der Waals surface area contributed by atoms with E-state index in [0.29, 0.717) is 61.3 Å². The number of aliphatic hydroxyl groups excluding tert-OH is 1. The molecule has 0 saturated carbocycles. The average molecular weight is 584 g/mol. The molecule has 1 heterocycles. The molecule has 10 heteroatoms. The molecule has 0 unspecified atom stereocenters. The lowest BCUT2D eigenvalue weighted by atomic mass is 9.84. The quantitative estimate of drug-likeness (QED) is 0.247. The van der Waals surface area contributed by atoms with Crippen molar-refractivity contribution in [3.05, 3.63) is 59.2 Å². The summed E-state index contributed by atoms with van der Waals surface area (Å²) in [7, 11) is 1.53. The van der Waals surface area contributed by atoms with E-state index in [9.17, 15) is 24.3 Å². The molecule has 0 radical (unpaired) electrons. The van der Waals surface area contributed by atoms with E-state index in [1.165, 1.54) is 12.0 Å². The highest BCUT2D eigenvalue weighted by atomic mass is 16.5. The van der Waals surface area contributed by atoms with Crippen LogP contribution >= 0.6 is 0 Å². The molecular formula is C32H41NO9. The van der Waals surface area contributed by atoms with Crippen LogP contribution in [0.3, 0.4) is 0 Å². The Kier molecular flexibility index (Phi) is 11.5. The van der Waals surface area contributed by atoms with Gasteiger partial charge >= 0.3 is 11.9 Å². The largest absolute Gasteiger partial charge is 0.496 e. The maximum atomic E-state index is 13.6. The Morgan fingerprint density at radius 1 is 1.07 bits per heavy atom. The summed E-state index contributed by atoms with van der Waals surface area (Å²) in [5, 5.41) is 18.6. The Bertz CT molecular complexity index is 1260. The smallest absolute Gasteiger partial charge is 0.341 e. The van der Waals surface area contributed by atoms with Crippen LogP contribution in [0.25, 0.3) is 0 Å². The van der Waals surface area contributed by atoms with Crippen molar-refractivity contribution < 1.29 is 43.6 Å². The van der Waals surface area contributed by atoms with Gasteiger partial charge in [0.2, 0.25) is 5.78 Å². The number of amides is 1. The maximum Gasteiger partial charge on any atom is 0.341 e. The first-order valence-corrected chi connectivity index (χ1v) is 14.3. The predicted octanol–water partition coefficient (Wildman–Crippen LogP) is 4.25. The number of methoxy groups -OCH3 is 1. The number of ketones is 1. The lowest BCUT2D eigenvalue weighted by molar-refractivity contribution is -0.164. The molecule has 10 nitrogen and oxygen atoms in total. The zero-order chi connectivity index (χ0) is 30.9. The lowest BCUT2D eigenvalue weighted by Crippen LogP contribution is -2.53. The normalized spacial score (nSPS) is 15.9. The Hall–Kier alpha value is -3.92. The molecule has 1 fully saturated rings. The number of carbonyl (C=O) groups is 4. The lowest BCUT2D eigenvalue weighted by Gasteiger charge is -2.36. The number of Topliss-reactive ketones (excluding diaryl/α,β-unsaturated/α-hetero) is 1. The molecule has 1 aliphatic heterocycles. The number of rotatable bonds is 14. The summed E-state index contributed by atoms with van der Waals surface area (Å²) in [6, 6.07) is 11.3. The van der Waals surface area contributed by atoms with Crippen LogP contribution in [0.15, 0.2) is 42.5 Å². The van der Waals surface area contributed by atoms with E-state index in [1.54, 1.807) is 44.2 Å². The van der Waals surface area contributed by atoms with Crippen molar-refractivity contribution in [2.75, 3.05) is 20.3 Å². The monoisotopic (exact) mass is 583 g/mol. The number of likely N-dealkylation sites (tertiary alicyclic amines) is 1. The van der Waals surface area contributed by atoms with Crippen LogP contribution in [0.4, 0.5) is 0 Å². The topological polar surface area (TPSA) is 140 Å². The highest BCUT2D eigenvalue weighted by Crippen LogP contribution is 2.30. The summed E-state index contributed by atoms with van der Waals surface area (Å²) < 4.78 is 16.6. The van der Waals surface area contributed by atoms with Gasteiger partial charge in [-0.15, -0.1) is 0 Å². The van der Waals surface area contributed by atoms with Crippen molar-refractivity contribution >= 4 is 23.6 Å². The molecule has 42 heavy (non-hydrogen) atoms. The molecule has 2 aromatic rings. The van der Waals surface area contributed by atoms with Crippen molar-refractivity contribution in [1.82, 2.24) is 4.90 Å². The zero-order valence-corrected chi connectivity index (χ0v) is 24.8. The molecule has 0 aliphatic carbocycles. The number of aliphatic carboxylic acids is 1. The summed E-state index contributed by atoms with van der Waals surface area (Å²) in [4.78, 5) is 52.0. The number of hydrogen-bond acceptors (Lipinski definition) is 8. The van der Waals surface area contributed by atoms with Crippen LogP contribution < -0.4 is 9.47 Å². The molecule has 228 valence electrons. The van der Waals surface area contributed by atoms with Crippen LogP contribution in [0.2, 0.25) is 0 Å². The third kappa shape index (κ3) is 8.31. The number of piperidine rings is 1. The van der Waals surface area contributed by atoms with Gasteiger partial charge in [-0.3, -0.25) is 9.59 Å². The van der Waals surface area contributed by atoms with Crippen LogP contribution in [0.1, 0.15) is 75.7 Å². The fourth-order valence-electron chi connectivity index (χ4n) is 4.85. The minimum atomic E-state index is -1.10. The average Bonchev–Trinajstić information content (AvgIpc) is 3.01. The van der Waals surface area contributed by atoms with Crippen LogP contribution in [0.5, 0.6) is 11.5 Å². The summed E-state index contributed by atoms with van der Waals surface area (Å²) >= 11 is 0. The van der Waals surface area contributed by atoms with Gasteiger partial charge in [-0.1, -0.05) is 39.0 Å². The molecule has 1 saturated heterocycles. The molecule has 0 spiro atoms. The molecule has 3 rings (SSSR count). The van der Waals surface area contributed by atoms with Crippen LogP contribution in [-0.2, 0) is 36.9 Å². The molecule has 2 atom stereocenters. The van der Waals surface area contributed by atoms with Crippen molar-refractivity contribution in [3.8, 4) is 11.5 Å². The van der Waals surface area contributed by atoms with Gasteiger partial charge in [-0.2, -0.15) is 0 Å². The van der Waals surface area contributed by atoms with Crippen molar-refractivity contribution in [1.29, 1.82) is 0 Å². The molecule has 1 aliphatic rings. The van der Waals surface area contributed by atoms with E-state index in [2.05, 4.69) is 0 Å². The van der Waals surface area contributed by atoms with Crippen molar-refractivity contribution in [3.63, 3.8) is 0 Å². The van der Waals surface area contributed by atoms with E-state index in [1.807, 2.05) is 19.1 Å². The van der Waals surface area contributed by atoms with E-state index < -0.39 is 47.8 Å². The van der Waals surface area contributed by atoms with Crippen LogP contribution in [0, 0.1) is 5.41 Å². The van der Waals surface area contributed by atoms with Crippen molar-refractivity contribution in [2.24, 2.45) is 5.41 Å². The summed E-state index contributed by atoms with van der Waals surface area (Å²) in [6.45, 7) is 4.94. The number of aliphatic hydroxyl groups is 1. The fraction of sp³-hybridized carbons (Fsp3) is 0.500. The number of esters is 1. The van der Waals surface area contributed by atoms with Gasteiger partial charge in [0.1, 0.15) is 23.6 Å². The zero-order valence-electron chi connectivity index (χ0n) is 24.8. The standard InChI is InChI=1S/C32H41NO9/c1-5-32(2,3)29(37)30(38)33-17-7-6-8-25(33)31(39)42-27(22-11-13-24(14-12-22)41-20-28(35)36)16-10-21-9-15-26(40-4)23(18-21)19-34/h9,11-15,18,25,27,34H,5-8,10,16-17,19-20H2,1-4H3,(H,35,36)/t25-,27-/m1/s1. The highest BCUT2D eigenvalue weighted by molar-refractivity contribution is 6.38. The molecule has 0 aromatic heterocycles. The molecule has 2 aromatic carbocycles. The fourth-order valence-corrected chi connectivity index (χ4v) is 4.85. The Morgan fingerprint density at radius 3 is 2.40 bits per heavy atom. The second-order valence-corrected chi connectivity index (χ2v) is 11.1. The number of ether oxygens (including phenoxy) is 3. The molecule has 2 N–H and O–H groups in total. The molecular weight excluding hydrogens is 542 g/mol. The van der Waals surface area contributed by atoms with Gasteiger partial charge in [0, 0.05) is 17.5 Å². The number of carbonyl (C=O) groups excluding carboxylic acids is 3. The van der Waals surface area contributed by atoms with Crippen LogP contribution in [-0.4, -0.2) is 65.0 Å². The van der Waals surface area contributed by atoms with Gasteiger partial charge in [0.25, 0.3) is 5.91 Å². The van der Waals surface area contributed by atoms with Gasteiger partial charge in [0.15, 0.2) is 6.61 Å². The number of benzene rings is 2. The summed E-state index contributed by atoms with van der Waals surface area (Å²) in [6.07, 6.45) is 2.51. The number of hydrogen-bond donors (Lipinski definition) is 2. The maximum absolute atomic E-state index is 13.6. The van der Waals surface area contributed by atoms with E-state index in [-0.39, 0.29) is 6.61 Å². The second-order valence-electron chi connectivity index (χ2n) is 11.1. The number of carboxylic acid groups (broad SMARTS) is 1.